The number of hydrogen-bond acceptors (Lipinski definition) is 21. The average molecular weight is 2130 g/mol. The fourth-order valence-corrected chi connectivity index (χ4v) is 19.6. The second-order valence-corrected chi connectivity index (χ2v) is 44.5. The van der Waals surface area contributed by atoms with E-state index in [1.165, 1.54) is 138 Å². The Morgan fingerprint density at radius 1 is 0.197 bits per heavy atom. The van der Waals surface area contributed by atoms with Gasteiger partial charge < -0.3 is 57.8 Å². The molecule has 0 rings (SSSR count). The second-order valence-electron chi connectivity index (χ2n) is 41.4. The van der Waals surface area contributed by atoms with Gasteiger partial charge in [-0.3, -0.25) is 43.2 Å². The third-order valence-corrected chi connectivity index (χ3v) is 28.8. The largest absolute Gasteiger partial charge is 0.462 e. The van der Waals surface area contributed by atoms with Crippen LogP contribution in [0.15, 0.2) is 60.8 Å². The van der Waals surface area contributed by atoms with Gasteiger partial charge in [-0.15, -0.1) is 0 Å². The molecule has 0 aliphatic carbocycles. The first-order valence-electron chi connectivity index (χ1n) is 60.5. The third kappa shape index (κ3) is 110. The molecular weight excluding hydrogens is 1900 g/mol. The molecule has 147 heavy (non-hydrogen) atoms. The molecule has 860 valence electrons. The number of rotatable bonds is 103. The predicted molar refractivity (Wildman–Crippen MR) is 631 cm³/mol. The minimum Gasteiger partial charge on any atom is -0.462 e. The molecule has 0 aliphatic rings. The van der Waals surface area contributed by atoms with Gasteiger partial charge in [0.1, 0.15) is 38.1 Å². The van der Waals surface area contributed by atoms with Gasteiger partial charge in [-0.1, -0.05) is 383 Å². The summed E-state index contributed by atoms with van der Waals surface area (Å²) >= 11 is 4.27. The van der Waals surface area contributed by atoms with Gasteiger partial charge in [-0.25, -0.2) is 0 Å². The Labute approximate surface area is 917 Å². The number of nitrogens with zero attached hydrogens (tertiary/aromatic N) is 6. The molecule has 0 bridgehead atoms. The number of amides is 3. The fraction of sp³-hybridized carbons (Fsp3) is 0.846. The number of thioether (sulfide) groups is 3. The molecule has 0 radical (unpaired) electrons. The highest BCUT2D eigenvalue weighted by Crippen LogP contribution is 2.24. The summed E-state index contributed by atoms with van der Waals surface area (Å²) in [6.45, 7) is 28.3. The molecule has 0 unspecified atom stereocenters. The van der Waals surface area contributed by atoms with E-state index >= 15 is 0 Å². The summed E-state index contributed by atoms with van der Waals surface area (Å²) in [6, 6.07) is 0. The van der Waals surface area contributed by atoms with Crippen molar-refractivity contribution in [1.82, 2.24) is 29.4 Å². The van der Waals surface area contributed by atoms with Crippen molar-refractivity contribution in [2.75, 3.05) is 138 Å². The van der Waals surface area contributed by atoms with E-state index in [-0.39, 0.29) is 69.8 Å². The van der Waals surface area contributed by atoms with Crippen molar-refractivity contribution in [3.8, 4) is 0 Å². The first kappa shape index (κ1) is 146. The van der Waals surface area contributed by atoms with Crippen molar-refractivity contribution in [2.45, 2.75) is 537 Å². The van der Waals surface area contributed by atoms with Gasteiger partial charge in [0.25, 0.3) is 15.7 Å². The average Bonchev–Trinajstić information content (AvgIpc) is 0.949. The van der Waals surface area contributed by atoms with E-state index in [9.17, 15) is 43.2 Å². The lowest BCUT2D eigenvalue weighted by atomic mass is 10.0. The lowest BCUT2D eigenvalue weighted by molar-refractivity contribution is -0.151. The summed E-state index contributed by atoms with van der Waals surface area (Å²) in [4.78, 5) is 125. The van der Waals surface area contributed by atoms with Crippen LogP contribution >= 0.6 is 35.3 Å². The second kappa shape index (κ2) is 116. The van der Waals surface area contributed by atoms with E-state index in [4.69, 9.17) is 28.4 Å². The van der Waals surface area contributed by atoms with Gasteiger partial charge in [0.05, 0.1) is 0 Å². The lowest BCUT2D eigenvalue weighted by Gasteiger charge is -2.22. The van der Waals surface area contributed by atoms with E-state index in [0.29, 0.717) is 58.3 Å². The van der Waals surface area contributed by atoms with Gasteiger partial charge in [0.15, 0.2) is 0 Å². The van der Waals surface area contributed by atoms with E-state index < -0.39 is 0 Å². The minimum absolute atomic E-state index is 0.0226. The van der Waals surface area contributed by atoms with Gasteiger partial charge in [0.2, 0.25) is 0 Å². The standard InChI is InChI=1S/C43H78N2O5S.C41H78N2O5S.C39H74N2O5S/c1-6-9-12-15-16-23-30-38-49-41(46)33-26-19-21-28-35-45(43(48)51-39-37-44(4)5)36-29-22-20-27-34-42(47)50-40(31-24-17-13-10-7-2)32-25-18-14-11-8-3;1-6-9-12-13-14-21-28-36-47-39(44)31-24-17-15-19-26-33-43(41(46)49-37-35-42(4)5)34-27-20-16-18-25-32-40(45)48-38(29-22-10-7-2)30-23-11-8-3;1-6-9-12-13-14-21-26-34-45-37(42)29-22-17-15-19-24-31-41(39(44)47-35-33-40(4)5)32-25-20-16-18-23-30-38(43)46-36(27-10-7-2)28-11-8-3/h13-14,17-18,23,30,40H,6-12,15-16,19-22,24-29,31-39H2,1-5H3;21,28,38H,6-20,22-27,29-37H2,1-5H3;21,26,36H,6-20,22-25,27-35H2,1-5H3/b17-13+,18-14+,30-23-;28-21-;26-21-. The van der Waals surface area contributed by atoms with Gasteiger partial charge >= 0.3 is 35.8 Å². The minimum atomic E-state index is -0.127. The Morgan fingerprint density at radius 3 is 0.646 bits per heavy atom. The highest BCUT2D eigenvalue weighted by atomic mass is 32.2. The van der Waals surface area contributed by atoms with Crippen LogP contribution in [0, 0.1) is 0 Å². The fourth-order valence-electron chi connectivity index (χ4n) is 16.6. The Kier molecular flexibility index (Phi) is 116. The number of carbonyl (C=O) groups excluding carboxylic acids is 9. The maximum absolute atomic E-state index is 13.0. The Hall–Kier alpha value is -5.14. The third-order valence-electron chi connectivity index (χ3n) is 26.1. The number of hydrogen-bond donors (Lipinski definition) is 0. The molecule has 24 heteroatoms. The van der Waals surface area contributed by atoms with Crippen molar-refractivity contribution in [3.63, 3.8) is 0 Å². The summed E-state index contributed by atoms with van der Waals surface area (Å²) in [5.41, 5.74) is 0. The monoisotopic (exact) mass is 2130 g/mol. The van der Waals surface area contributed by atoms with E-state index in [1.54, 1.807) is 0 Å². The van der Waals surface area contributed by atoms with Crippen LogP contribution in [0.4, 0.5) is 14.4 Å². The quantitative estimate of drug-likeness (QED) is 0.0238. The maximum atomic E-state index is 13.0. The van der Waals surface area contributed by atoms with E-state index in [0.717, 1.165) is 391 Å². The van der Waals surface area contributed by atoms with Crippen LogP contribution in [0.5, 0.6) is 0 Å². The number of esters is 6. The Bertz CT molecular complexity index is 3100. The normalized spacial score (nSPS) is 11.7. The first-order valence-corrected chi connectivity index (χ1v) is 63.5. The smallest absolute Gasteiger partial charge is 0.306 e. The van der Waals surface area contributed by atoms with Crippen LogP contribution in [0.3, 0.4) is 0 Å². The summed E-state index contributed by atoms with van der Waals surface area (Å²) in [5, 5.41) is 0.533. The first-order chi connectivity index (χ1) is 71.5. The Morgan fingerprint density at radius 2 is 0.401 bits per heavy atom. The van der Waals surface area contributed by atoms with Crippen molar-refractivity contribution < 1.29 is 71.6 Å². The zero-order chi connectivity index (χ0) is 109. The molecule has 3 amide bonds. The zero-order valence-corrected chi connectivity index (χ0v) is 100. The Balaban J connectivity index is -0.00000212. The molecule has 0 N–H and O–H groups in total. The van der Waals surface area contributed by atoms with Crippen molar-refractivity contribution in [3.05, 3.63) is 60.8 Å². The molecule has 0 saturated carbocycles. The zero-order valence-electron chi connectivity index (χ0n) is 97.8. The van der Waals surface area contributed by atoms with E-state index in [1.807, 2.05) is 75.2 Å². The van der Waals surface area contributed by atoms with E-state index in [2.05, 4.69) is 120 Å². The molecule has 0 saturated heterocycles. The summed E-state index contributed by atoms with van der Waals surface area (Å²) < 4.78 is 33.6. The molecule has 0 aliphatic heterocycles. The number of ether oxygens (including phenoxy) is 6. The number of unbranched alkanes of at least 4 members (excludes halogenated alkanes) is 42. The predicted octanol–water partition coefficient (Wildman–Crippen LogP) is 34.1. The van der Waals surface area contributed by atoms with Crippen LogP contribution in [0.25, 0.3) is 0 Å². The van der Waals surface area contributed by atoms with Gasteiger partial charge in [0, 0.05) is 115 Å². The highest BCUT2D eigenvalue weighted by Gasteiger charge is 2.22. The van der Waals surface area contributed by atoms with Gasteiger partial charge in [-0.05, 0) is 235 Å². The van der Waals surface area contributed by atoms with Crippen LogP contribution in [0.1, 0.15) is 518 Å². The molecular formula is C123H230N6O15S3. The summed E-state index contributed by atoms with van der Waals surface area (Å²) in [6.07, 6.45) is 93.7. The number of allylic oxidation sites excluding steroid dienone is 7. The van der Waals surface area contributed by atoms with Gasteiger partial charge in [-0.2, -0.15) is 0 Å². The van der Waals surface area contributed by atoms with Crippen LogP contribution in [0.2, 0.25) is 0 Å². The van der Waals surface area contributed by atoms with Crippen LogP contribution < -0.4 is 0 Å². The molecule has 0 heterocycles. The number of carbonyl (C=O) groups is 9. The molecule has 0 spiro atoms. The molecule has 0 atom stereocenters. The SMILES string of the molecule is CCC/C=C/CCC(CC/C=C/CCC)OC(=O)CCCCCCN(CCCCCCC(=O)OC/C=C\CCCCCC)C(=O)SCCN(C)C.CCCCCC/C=C\COC(=O)CCCCCCCN(CCCCCCCC(=O)OC(CCCC)CCCC)C(=O)SCCN(C)C.CCCCCC/C=C\COC(=O)CCCCCCCN(CCCCCCCC(=O)OC(CCCCC)CCCCC)C(=O)SCCN(C)C. The highest BCUT2D eigenvalue weighted by molar-refractivity contribution is 8.14. The molecule has 0 aromatic rings. The molecule has 0 aromatic heterocycles. The summed E-state index contributed by atoms with van der Waals surface area (Å²) in [7, 11) is 12.2. The molecule has 21 nitrogen and oxygen atoms in total. The van der Waals surface area contributed by atoms with Crippen molar-refractivity contribution in [2.24, 2.45) is 0 Å². The van der Waals surface area contributed by atoms with Crippen LogP contribution in [-0.4, -0.2) is 238 Å². The lowest BCUT2D eigenvalue weighted by Crippen LogP contribution is -2.30. The topological polar surface area (TPSA) is 228 Å². The molecule has 0 aromatic carbocycles. The van der Waals surface area contributed by atoms with Crippen molar-refractivity contribution in [1.29, 1.82) is 0 Å². The summed E-state index contributed by atoms with van der Waals surface area (Å²) in [5.74, 6) is 1.91. The maximum Gasteiger partial charge on any atom is 0.306 e. The molecule has 0 fully saturated rings. The van der Waals surface area contributed by atoms with Crippen molar-refractivity contribution >= 4 is 86.8 Å². The van der Waals surface area contributed by atoms with Crippen LogP contribution in [-0.2, 0) is 57.2 Å².